The van der Waals surface area contributed by atoms with Gasteiger partial charge in [-0.3, -0.25) is 4.79 Å². The Morgan fingerprint density at radius 3 is 2.92 bits per heavy atom. The third-order valence-corrected chi connectivity index (χ3v) is 1.97. The molecule has 0 radical (unpaired) electrons. The molecule has 0 bridgehead atoms. The van der Waals surface area contributed by atoms with Crippen LogP contribution in [0.25, 0.3) is 0 Å². The van der Waals surface area contributed by atoms with Gasteiger partial charge < -0.3 is 9.64 Å². The maximum Gasteiger partial charge on any atom is 0.222 e. The first-order valence-corrected chi connectivity index (χ1v) is 4.73. The molecule has 1 aliphatic rings. The number of carbonyl (C=O) groups is 1. The molecule has 0 N–H and O–H groups in total. The highest BCUT2D eigenvalue weighted by molar-refractivity contribution is 5.77. The second-order valence-electron chi connectivity index (χ2n) is 3.55. The van der Waals surface area contributed by atoms with Gasteiger partial charge in [0.05, 0.1) is 12.8 Å². The monoisotopic (exact) mass is 183 g/mol. The van der Waals surface area contributed by atoms with Crippen molar-refractivity contribution in [1.29, 1.82) is 0 Å². The van der Waals surface area contributed by atoms with Crippen LogP contribution in [0.2, 0.25) is 0 Å². The van der Waals surface area contributed by atoms with Crippen LogP contribution < -0.4 is 0 Å². The van der Waals surface area contributed by atoms with Crippen LogP contribution in [0.5, 0.6) is 0 Å². The van der Waals surface area contributed by atoms with Crippen LogP contribution in [0.4, 0.5) is 0 Å². The van der Waals surface area contributed by atoms with E-state index in [1.54, 1.807) is 6.26 Å². The highest BCUT2D eigenvalue weighted by Crippen LogP contribution is 2.08. The van der Waals surface area contributed by atoms with Crippen molar-refractivity contribution in [2.45, 2.75) is 26.7 Å². The summed E-state index contributed by atoms with van der Waals surface area (Å²) in [5.41, 5.74) is 1.15. The van der Waals surface area contributed by atoms with Crippen LogP contribution in [-0.2, 0) is 9.53 Å². The fourth-order valence-corrected chi connectivity index (χ4v) is 1.33. The van der Waals surface area contributed by atoms with Crippen molar-refractivity contribution < 1.29 is 9.53 Å². The molecule has 0 spiro atoms. The summed E-state index contributed by atoms with van der Waals surface area (Å²) < 4.78 is 5.25. The van der Waals surface area contributed by atoms with Gasteiger partial charge in [0.25, 0.3) is 0 Å². The summed E-state index contributed by atoms with van der Waals surface area (Å²) in [5.74, 6) is 0.265. The number of rotatable bonds is 4. The van der Waals surface area contributed by atoms with Gasteiger partial charge in [0.1, 0.15) is 6.61 Å². The predicted molar refractivity (Wildman–Crippen MR) is 51.2 cm³/mol. The smallest absolute Gasteiger partial charge is 0.222 e. The Hall–Kier alpha value is -0.990. The third-order valence-electron chi connectivity index (χ3n) is 1.97. The number of hydrogen-bond acceptors (Lipinski definition) is 2. The highest BCUT2D eigenvalue weighted by atomic mass is 16.5. The van der Waals surface area contributed by atoms with Crippen LogP contribution in [0.1, 0.15) is 26.7 Å². The van der Waals surface area contributed by atoms with Gasteiger partial charge in [0.2, 0.25) is 5.91 Å². The largest absolute Gasteiger partial charge is 0.499 e. The summed E-state index contributed by atoms with van der Waals surface area (Å²) in [6, 6.07) is 0. The van der Waals surface area contributed by atoms with Crippen molar-refractivity contribution >= 4 is 5.91 Å². The zero-order valence-electron chi connectivity index (χ0n) is 8.38. The minimum absolute atomic E-state index is 0.265. The van der Waals surface area contributed by atoms with E-state index >= 15 is 0 Å². The molecule has 1 rings (SSSR count). The average molecular weight is 183 g/mol. The summed E-state index contributed by atoms with van der Waals surface area (Å²) in [6.45, 7) is 6.21. The van der Waals surface area contributed by atoms with E-state index in [2.05, 4.69) is 0 Å². The minimum atomic E-state index is 0.265. The predicted octanol–water partition coefficient (Wildman–Crippen LogP) is 1.55. The fourth-order valence-electron chi connectivity index (χ4n) is 1.33. The van der Waals surface area contributed by atoms with Gasteiger partial charge in [-0.25, -0.2) is 0 Å². The average Bonchev–Trinajstić information content (AvgIpc) is 2.45. The summed E-state index contributed by atoms with van der Waals surface area (Å²) >= 11 is 0. The Morgan fingerprint density at radius 2 is 2.38 bits per heavy atom. The third kappa shape index (κ3) is 3.49. The van der Waals surface area contributed by atoms with Gasteiger partial charge in [-0.05, 0) is 25.8 Å². The summed E-state index contributed by atoms with van der Waals surface area (Å²) in [6.07, 6.45) is 3.45. The van der Waals surface area contributed by atoms with E-state index in [4.69, 9.17) is 4.74 Å². The maximum atomic E-state index is 11.2. The Morgan fingerprint density at radius 1 is 1.62 bits per heavy atom. The lowest BCUT2D eigenvalue weighted by Crippen LogP contribution is -2.28. The Kier molecular flexibility index (Phi) is 3.80. The Labute approximate surface area is 79.4 Å². The number of carbonyl (C=O) groups excluding carboxylic acids is 1. The number of ether oxygens (including phenoxy) is 1. The number of amides is 1. The van der Waals surface area contributed by atoms with Crippen molar-refractivity contribution in [2.75, 3.05) is 19.7 Å². The molecule has 1 aliphatic heterocycles. The van der Waals surface area contributed by atoms with Crippen LogP contribution in [-0.4, -0.2) is 30.5 Å². The molecule has 0 aromatic heterocycles. The highest BCUT2D eigenvalue weighted by Gasteiger charge is 2.18. The van der Waals surface area contributed by atoms with E-state index in [-0.39, 0.29) is 5.91 Å². The van der Waals surface area contributed by atoms with E-state index in [0.717, 1.165) is 25.1 Å². The number of nitrogens with zero attached hydrogens (tertiary/aromatic N) is 1. The van der Waals surface area contributed by atoms with Crippen molar-refractivity contribution in [3.05, 3.63) is 11.8 Å². The van der Waals surface area contributed by atoms with Crippen molar-refractivity contribution in [3.63, 3.8) is 0 Å². The number of hydrogen-bond donors (Lipinski definition) is 0. The molecule has 0 aliphatic carbocycles. The summed E-state index contributed by atoms with van der Waals surface area (Å²) in [7, 11) is 0. The number of allylic oxidation sites excluding steroid dienone is 1. The number of likely N-dealkylation sites (tertiary alicyclic amines) is 1. The van der Waals surface area contributed by atoms with E-state index in [1.807, 2.05) is 18.7 Å². The lowest BCUT2D eigenvalue weighted by Gasteiger charge is -2.14. The first-order valence-electron chi connectivity index (χ1n) is 4.73. The van der Waals surface area contributed by atoms with Crippen LogP contribution in [0, 0.1) is 0 Å². The van der Waals surface area contributed by atoms with E-state index in [1.165, 1.54) is 0 Å². The van der Waals surface area contributed by atoms with E-state index in [9.17, 15) is 4.79 Å². The van der Waals surface area contributed by atoms with Gasteiger partial charge >= 0.3 is 0 Å². The standard InChI is InChI=1S/C10H17NO2/c1-9(2)8-13-7-6-11-5-3-4-10(11)12/h8H,3-7H2,1-2H3. The normalized spacial score (nSPS) is 16.2. The summed E-state index contributed by atoms with van der Waals surface area (Å²) in [4.78, 5) is 13.0. The first-order chi connectivity index (χ1) is 6.20. The molecule has 1 fully saturated rings. The second kappa shape index (κ2) is 4.90. The molecule has 3 heteroatoms. The fraction of sp³-hybridized carbons (Fsp3) is 0.700. The molecule has 74 valence electrons. The maximum absolute atomic E-state index is 11.2. The van der Waals surface area contributed by atoms with Gasteiger partial charge in [-0.15, -0.1) is 0 Å². The summed E-state index contributed by atoms with van der Waals surface area (Å²) in [5, 5.41) is 0. The second-order valence-corrected chi connectivity index (χ2v) is 3.55. The molecular formula is C10H17NO2. The van der Waals surface area contributed by atoms with Crippen LogP contribution in [0.15, 0.2) is 11.8 Å². The van der Waals surface area contributed by atoms with Gasteiger partial charge in [0, 0.05) is 13.0 Å². The Balaban J connectivity index is 2.12. The van der Waals surface area contributed by atoms with Crippen molar-refractivity contribution in [2.24, 2.45) is 0 Å². The lowest BCUT2D eigenvalue weighted by molar-refractivity contribution is -0.128. The molecule has 1 amide bonds. The molecule has 1 heterocycles. The SMILES string of the molecule is CC(C)=COCCN1CCCC1=O. The molecular weight excluding hydrogens is 166 g/mol. The zero-order valence-corrected chi connectivity index (χ0v) is 8.38. The quantitative estimate of drug-likeness (QED) is 0.489. The van der Waals surface area contributed by atoms with E-state index in [0.29, 0.717) is 13.0 Å². The lowest BCUT2D eigenvalue weighted by atomic mass is 10.4. The minimum Gasteiger partial charge on any atom is -0.499 e. The molecule has 13 heavy (non-hydrogen) atoms. The first kappa shape index (κ1) is 10.1. The van der Waals surface area contributed by atoms with Crippen molar-refractivity contribution in [1.82, 2.24) is 4.90 Å². The van der Waals surface area contributed by atoms with Crippen LogP contribution in [0.3, 0.4) is 0 Å². The molecule has 0 atom stereocenters. The van der Waals surface area contributed by atoms with E-state index < -0.39 is 0 Å². The molecule has 3 nitrogen and oxygen atoms in total. The molecule has 0 aromatic rings. The van der Waals surface area contributed by atoms with Crippen LogP contribution >= 0.6 is 0 Å². The molecule has 0 saturated carbocycles. The molecule has 0 aromatic carbocycles. The Bertz CT molecular complexity index is 207. The van der Waals surface area contributed by atoms with Gasteiger partial charge in [-0.1, -0.05) is 0 Å². The topological polar surface area (TPSA) is 29.5 Å². The van der Waals surface area contributed by atoms with Gasteiger partial charge in [-0.2, -0.15) is 0 Å². The zero-order chi connectivity index (χ0) is 9.68. The van der Waals surface area contributed by atoms with Crippen molar-refractivity contribution in [3.8, 4) is 0 Å². The molecule has 0 unspecified atom stereocenters. The van der Waals surface area contributed by atoms with Gasteiger partial charge in [0.15, 0.2) is 0 Å². The molecule has 1 saturated heterocycles.